The third-order valence-corrected chi connectivity index (χ3v) is 4.40. The molecule has 2 atom stereocenters. The first-order valence-electron chi connectivity index (χ1n) is 8.48. The zero-order valence-electron chi connectivity index (χ0n) is 14.6. The molecule has 25 heavy (non-hydrogen) atoms. The summed E-state index contributed by atoms with van der Waals surface area (Å²) in [7, 11) is 0. The van der Waals surface area contributed by atoms with Gasteiger partial charge in [-0.15, -0.1) is 12.4 Å². The third kappa shape index (κ3) is 4.55. The number of amides is 1. The summed E-state index contributed by atoms with van der Waals surface area (Å²) >= 11 is 0. The summed E-state index contributed by atoms with van der Waals surface area (Å²) in [6, 6.07) is 3.75. The van der Waals surface area contributed by atoms with Gasteiger partial charge in [-0.05, 0) is 31.2 Å². The fourth-order valence-electron chi connectivity index (χ4n) is 3.02. The second-order valence-electron chi connectivity index (χ2n) is 6.68. The second-order valence-corrected chi connectivity index (χ2v) is 6.68. The molecule has 2 unspecified atom stereocenters. The van der Waals surface area contributed by atoms with Gasteiger partial charge in [0.1, 0.15) is 5.82 Å². The molecule has 1 aliphatic carbocycles. The lowest BCUT2D eigenvalue weighted by atomic mass is 9.85. The summed E-state index contributed by atoms with van der Waals surface area (Å²) in [5.74, 6) is 1.25. The normalized spacial score (nSPS) is 20.2. The number of nitrogens with one attached hydrogen (secondary N) is 1. The minimum Gasteiger partial charge on any atom is -0.328 e. The highest BCUT2D eigenvalue weighted by Crippen LogP contribution is 2.26. The smallest absolute Gasteiger partial charge is 0.252 e. The Bertz CT molecular complexity index is 702. The van der Waals surface area contributed by atoms with Gasteiger partial charge in [-0.2, -0.15) is 9.78 Å². The van der Waals surface area contributed by atoms with E-state index in [0.29, 0.717) is 11.8 Å². The van der Waals surface area contributed by atoms with Gasteiger partial charge < -0.3 is 11.1 Å². The van der Waals surface area contributed by atoms with Crippen LogP contribution in [0.1, 0.15) is 51.1 Å². The molecule has 136 valence electrons. The Hall–Kier alpha value is -1.99. The standard InChI is InChI=1S/C17H24N6O.ClH/c1-11(2)14-10-15(23(22-14)17-19-7-4-8-20-17)21-16(24)12-5-3-6-13(18)9-12;/h4,7-8,10-13H,3,5-6,9,18H2,1-2H3,(H,21,24);1H. The van der Waals surface area contributed by atoms with Crippen LogP contribution in [0.15, 0.2) is 24.5 Å². The molecule has 0 saturated heterocycles. The molecular weight excluding hydrogens is 340 g/mol. The van der Waals surface area contributed by atoms with Crippen molar-refractivity contribution < 1.29 is 4.79 Å². The lowest BCUT2D eigenvalue weighted by Gasteiger charge is -2.25. The molecular formula is C17H25ClN6O. The first-order valence-corrected chi connectivity index (χ1v) is 8.48. The topological polar surface area (TPSA) is 98.7 Å². The molecule has 0 radical (unpaired) electrons. The molecule has 2 aromatic rings. The maximum atomic E-state index is 12.6. The minimum absolute atomic E-state index is 0. The Morgan fingerprint density at radius 2 is 2.04 bits per heavy atom. The SMILES string of the molecule is CC(C)c1cc(NC(=O)C2CCCC(N)C2)n(-c2ncccn2)n1.Cl. The Kier molecular flexibility index (Phi) is 6.50. The molecule has 3 rings (SSSR count). The molecule has 1 saturated carbocycles. The van der Waals surface area contributed by atoms with Gasteiger partial charge in [0.05, 0.1) is 5.69 Å². The van der Waals surface area contributed by atoms with E-state index in [1.165, 1.54) is 0 Å². The summed E-state index contributed by atoms with van der Waals surface area (Å²) in [4.78, 5) is 21.1. The fraction of sp³-hybridized carbons (Fsp3) is 0.529. The van der Waals surface area contributed by atoms with Gasteiger partial charge in [-0.25, -0.2) is 9.97 Å². The van der Waals surface area contributed by atoms with E-state index < -0.39 is 0 Å². The van der Waals surface area contributed by atoms with Crippen LogP contribution in [0, 0.1) is 5.92 Å². The van der Waals surface area contributed by atoms with Crippen LogP contribution >= 0.6 is 12.4 Å². The van der Waals surface area contributed by atoms with Crippen LogP contribution in [0.25, 0.3) is 5.95 Å². The Labute approximate surface area is 153 Å². The van der Waals surface area contributed by atoms with E-state index in [1.54, 1.807) is 23.1 Å². The van der Waals surface area contributed by atoms with Crippen LogP contribution in [-0.2, 0) is 4.79 Å². The van der Waals surface area contributed by atoms with Gasteiger partial charge in [-0.3, -0.25) is 4.79 Å². The molecule has 0 spiro atoms. The number of aromatic nitrogens is 4. The quantitative estimate of drug-likeness (QED) is 0.868. The number of hydrogen-bond donors (Lipinski definition) is 2. The molecule has 0 bridgehead atoms. The fourth-order valence-corrected chi connectivity index (χ4v) is 3.02. The molecule has 1 amide bonds. The monoisotopic (exact) mass is 364 g/mol. The predicted molar refractivity (Wildman–Crippen MR) is 99.1 cm³/mol. The van der Waals surface area contributed by atoms with Gasteiger partial charge in [0.25, 0.3) is 5.95 Å². The Morgan fingerprint density at radius 3 is 2.68 bits per heavy atom. The summed E-state index contributed by atoms with van der Waals surface area (Å²) < 4.78 is 1.59. The number of hydrogen-bond acceptors (Lipinski definition) is 5. The molecule has 1 fully saturated rings. The lowest BCUT2D eigenvalue weighted by Crippen LogP contribution is -2.34. The maximum absolute atomic E-state index is 12.6. The molecule has 2 heterocycles. The van der Waals surface area contributed by atoms with Gasteiger partial charge in [0, 0.05) is 30.4 Å². The molecule has 8 heteroatoms. The molecule has 0 aromatic carbocycles. The number of anilines is 1. The molecule has 3 N–H and O–H groups in total. The van der Waals surface area contributed by atoms with Crippen LogP contribution in [0.4, 0.5) is 5.82 Å². The maximum Gasteiger partial charge on any atom is 0.252 e. The van der Waals surface area contributed by atoms with Gasteiger partial charge in [0.15, 0.2) is 0 Å². The van der Waals surface area contributed by atoms with E-state index in [4.69, 9.17) is 5.73 Å². The largest absolute Gasteiger partial charge is 0.328 e. The molecule has 0 aliphatic heterocycles. The van der Waals surface area contributed by atoms with Crippen molar-refractivity contribution in [2.45, 2.75) is 51.5 Å². The summed E-state index contributed by atoms with van der Waals surface area (Å²) in [6.45, 7) is 4.12. The van der Waals surface area contributed by atoms with Crippen molar-refractivity contribution in [3.8, 4) is 5.95 Å². The summed E-state index contributed by atoms with van der Waals surface area (Å²) in [5, 5.41) is 7.55. The van der Waals surface area contributed by atoms with E-state index in [1.807, 2.05) is 6.07 Å². The van der Waals surface area contributed by atoms with Crippen LogP contribution in [0.5, 0.6) is 0 Å². The number of nitrogens with zero attached hydrogens (tertiary/aromatic N) is 4. The number of rotatable bonds is 4. The number of halogens is 1. The first kappa shape index (κ1) is 19.3. The minimum atomic E-state index is -0.0451. The zero-order valence-corrected chi connectivity index (χ0v) is 15.4. The number of carbonyl (C=O) groups excluding carboxylic acids is 1. The van der Waals surface area contributed by atoms with Crippen molar-refractivity contribution in [1.82, 2.24) is 19.7 Å². The van der Waals surface area contributed by atoms with E-state index in [-0.39, 0.29) is 36.2 Å². The lowest BCUT2D eigenvalue weighted by molar-refractivity contribution is -0.120. The van der Waals surface area contributed by atoms with Gasteiger partial charge >= 0.3 is 0 Å². The van der Waals surface area contributed by atoms with Crippen LogP contribution in [0.2, 0.25) is 0 Å². The van der Waals surface area contributed by atoms with Crippen LogP contribution in [0.3, 0.4) is 0 Å². The van der Waals surface area contributed by atoms with E-state index in [9.17, 15) is 4.79 Å². The zero-order chi connectivity index (χ0) is 17.1. The Morgan fingerprint density at radius 1 is 1.32 bits per heavy atom. The summed E-state index contributed by atoms with van der Waals surface area (Å²) in [5.41, 5.74) is 6.89. The highest BCUT2D eigenvalue weighted by Gasteiger charge is 2.26. The second kappa shape index (κ2) is 8.40. The van der Waals surface area contributed by atoms with E-state index >= 15 is 0 Å². The first-order chi connectivity index (χ1) is 11.5. The average Bonchev–Trinajstić information content (AvgIpc) is 3.00. The van der Waals surface area contributed by atoms with Gasteiger partial charge in [-0.1, -0.05) is 20.3 Å². The van der Waals surface area contributed by atoms with Crippen molar-refractivity contribution in [1.29, 1.82) is 0 Å². The van der Waals surface area contributed by atoms with Crippen molar-refractivity contribution in [3.05, 3.63) is 30.2 Å². The average molecular weight is 365 g/mol. The number of carbonyl (C=O) groups is 1. The van der Waals surface area contributed by atoms with Crippen molar-refractivity contribution in [2.75, 3.05) is 5.32 Å². The van der Waals surface area contributed by atoms with Crippen LogP contribution in [-0.4, -0.2) is 31.7 Å². The molecule has 7 nitrogen and oxygen atoms in total. The van der Waals surface area contributed by atoms with Crippen molar-refractivity contribution in [2.24, 2.45) is 11.7 Å². The summed E-state index contributed by atoms with van der Waals surface area (Å²) in [6.07, 6.45) is 6.93. The molecule has 1 aliphatic rings. The van der Waals surface area contributed by atoms with E-state index in [0.717, 1.165) is 31.4 Å². The van der Waals surface area contributed by atoms with Gasteiger partial charge in [0.2, 0.25) is 5.91 Å². The molecule has 2 aromatic heterocycles. The third-order valence-electron chi connectivity index (χ3n) is 4.40. The highest BCUT2D eigenvalue weighted by molar-refractivity contribution is 5.92. The Balaban J connectivity index is 0.00000225. The predicted octanol–water partition coefficient (Wildman–Crippen LogP) is 2.66. The number of nitrogens with two attached hydrogens (primary N) is 1. The van der Waals surface area contributed by atoms with E-state index in [2.05, 4.69) is 34.2 Å². The highest BCUT2D eigenvalue weighted by atomic mass is 35.5. The van der Waals surface area contributed by atoms with Crippen molar-refractivity contribution >= 4 is 24.1 Å². The van der Waals surface area contributed by atoms with Crippen molar-refractivity contribution in [3.63, 3.8) is 0 Å². The van der Waals surface area contributed by atoms with Crippen LogP contribution < -0.4 is 11.1 Å².